The molecular weight excluding hydrogens is 308 g/mol. The van der Waals surface area contributed by atoms with Crippen LogP contribution in [0.1, 0.15) is 43.7 Å². The summed E-state index contributed by atoms with van der Waals surface area (Å²) < 4.78 is 12.7. The summed E-state index contributed by atoms with van der Waals surface area (Å²) in [5.41, 5.74) is 3.75. The highest BCUT2D eigenvalue weighted by molar-refractivity contribution is 5.67. The third-order valence-corrected chi connectivity index (χ3v) is 5.83. The molecule has 2 aromatic carbocycles. The topological polar surface area (TPSA) is 18.5 Å². The van der Waals surface area contributed by atoms with E-state index in [9.17, 15) is 0 Å². The first-order chi connectivity index (χ1) is 12.1. The number of allylic oxidation sites excluding steroid dienone is 1. The van der Waals surface area contributed by atoms with Crippen LogP contribution in [0, 0.1) is 5.92 Å². The molecule has 4 rings (SSSR count). The van der Waals surface area contributed by atoms with Crippen LogP contribution in [0.2, 0.25) is 0 Å². The number of benzene rings is 2. The average molecular weight is 334 g/mol. The van der Waals surface area contributed by atoms with Gasteiger partial charge in [-0.15, -0.1) is 0 Å². The Morgan fingerprint density at radius 2 is 1.44 bits per heavy atom. The summed E-state index contributed by atoms with van der Waals surface area (Å²) in [5, 5.41) is 0. The fourth-order valence-corrected chi connectivity index (χ4v) is 4.41. The number of rotatable bonds is 3. The molecule has 0 radical (unpaired) electrons. The van der Waals surface area contributed by atoms with E-state index in [1.807, 2.05) is 6.07 Å². The summed E-state index contributed by atoms with van der Waals surface area (Å²) >= 11 is 0. The molecule has 130 valence electrons. The third kappa shape index (κ3) is 3.05. The summed E-state index contributed by atoms with van der Waals surface area (Å²) in [6.45, 7) is 8.68. The maximum atomic E-state index is 6.33. The molecule has 0 N–H and O–H groups in total. The minimum atomic E-state index is -0.471. The van der Waals surface area contributed by atoms with Gasteiger partial charge in [-0.2, -0.15) is 0 Å². The highest BCUT2D eigenvalue weighted by Crippen LogP contribution is 2.55. The molecule has 0 aromatic heterocycles. The van der Waals surface area contributed by atoms with E-state index in [0.717, 1.165) is 12.8 Å². The number of hydrogen-bond acceptors (Lipinski definition) is 2. The van der Waals surface area contributed by atoms with Crippen LogP contribution in [-0.2, 0) is 9.47 Å². The SMILES string of the molecule is C=C(c1ccccc1)[C@@H]1CC2(C[C@H]1c1ccccc1)O[C@H](C)[C@@H](C)O2. The van der Waals surface area contributed by atoms with Gasteiger partial charge in [-0.25, -0.2) is 0 Å². The molecular formula is C23H26O2. The molecule has 25 heavy (non-hydrogen) atoms. The molecule has 1 saturated heterocycles. The maximum absolute atomic E-state index is 6.33. The molecule has 2 aliphatic rings. The number of ether oxygens (including phenoxy) is 2. The molecule has 4 atom stereocenters. The molecule has 2 heteroatoms. The predicted octanol–water partition coefficient (Wildman–Crippen LogP) is 5.41. The highest BCUT2D eigenvalue weighted by Gasteiger charge is 2.54. The van der Waals surface area contributed by atoms with E-state index in [1.165, 1.54) is 16.7 Å². The van der Waals surface area contributed by atoms with Crippen LogP contribution in [0.5, 0.6) is 0 Å². The molecule has 0 unspecified atom stereocenters. The first kappa shape index (κ1) is 16.6. The van der Waals surface area contributed by atoms with Crippen LogP contribution >= 0.6 is 0 Å². The van der Waals surface area contributed by atoms with Crippen LogP contribution < -0.4 is 0 Å². The zero-order chi connectivity index (χ0) is 17.4. The van der Waals surface area contributed by atoms with E-state index in [4.69, 9.17) is 9.47 Å². The lowest BCUT2D eigenvalue weighted by molar-refractivity contribution is -0.168. The minimum absolute atomic E-state index is 0.139. The van der Waals surface area contributed by atoms with E-state index in [0.29, 0.717) is 11.8 Å². The predicted molar refractivity (Wildman–Crippen MR) is 101 cm³/mol. The third-order valence-electron chi connectivity index (χ3n) is 5.83. The van der Waals surface area contributed by atoms with Crippen molar-refractivity contribution in [1.82, 2.24) is 0 Å². The lowest BCUT2D eigenvalue weighted by Crippen LogP contribution is -2.27. The summed E-state index contributed by atoms with van der Waals surface area (Å²) in [6, 6.07) is 21.2. The van der Waals surface area contributed by atoms with Crippen LogP contribution in [0.15, 0.2) is 67.2 Å². The average Bonchev–Trinajstić information content (AvgIpc) is 3.14. The Morgan fingerprint density at radius 3 is 2.04 bits per heavy atom. The van der Waals surface area contributed by atoms with Gasteiger partial charge >= 0.3 is 0 Å². The normalized spacial score (nSPS) is 30.6. The Bertz CT molecular complexity index is 727. The summed E-state index contributed by atoms with van der Waals surface area (Å²) in [6.07, 6.45) is 2.04. The molecule has 1 saturated carbocycles. The molecule has 2 aromatic rings. The van der Waals surface area contributed by atoms with Crippen molar-refractivity contribution in [3.8, 4) is 0 Å². The molecule has 1 heterocycles. The zero-order valence-electron chi connectivity index (χ0n) is 15.0. The van der Waals surface area contributed by atoms with Gasteiger partial charge < -0.3 is 9.47 Å². The number of hydrogen-bond donors (Lipinski definition) is 0. The van der Waals surface area contributed by atoms with E-state index in [1.54, 1.807) is 0 Å². The Hall–Kier alpha value is -1.90. The van der Waals surface area contributed by atoms with Gasteiger partial charge in [-0.05, 0) is 42.4 Å². The largest absolute Gasteiger partial charge is 0.344 e. The lowest BCUT2D eigenvalue weighted by atomic mass is 9.82. The molecule has 0 amide bonds. The fraction of sp³-hybridized carbons (Fsp3) is 0.391. The second kappa shape index (κ2) is 6.44. The molecule has 0 bridgehead atoms. The summed E-state index contributed by atoms with van der Waals surface area (Å²) in [4.78, 5) is 0. The lowest BCUT2D eigenvalue weighted by Gasteiger charge is -2.23. The Morgan fingerprint density at radius 1 is 0.880 bits per heavy atom. The van der Waals surface area contributed by atoms with Crippen molar-refractivity contribution in [3.05, 3.63) is 78.4 Å². The van der Waals surface area contributed by atoms with Crippen molar-refractivity contribution in [2.45, 2.75) is 50.6 Å². The van der Waals surface area contributed by atoms with Crippen LogP contribution in [0.4, 0.5) is 0 Å². The molecule has 2 fully saturated rings. The van der Waals surface area contributed by atoms with Gasteiger partial charge in [0.05, 0.1) is 12.2 Å². The van der Waals surface area contributed by atoms with Crippen LogP contribution in [-0.4, -0.2) is 18.0 Å². The van der Waals surface area contributed by atoms with E-state index >= 15 is 0 Å². The van der Waals surface area contributed by atoms with E-state index < -0.39 is 5.79 Å². The molecule has 1 aliphatic carbocycles. The molecule has 2 nitrogen and oxygen atoms in total. The Labute approximate surface area is 150 Å². The monoisotopic (exact) mass is 334 g/mol. The highest BCUT2D eigenvalue weighted by atomic mass is 16.8. The van der Waals surface area contributed by atoms with Crippen LogP contribution in [0.3, 0.4) is 0 Å². The quantitative estimate of drug-likeness (QED) is 0.747. The Kier molecular flexibility index (Phi) is 4.26. The van der Waals surface area contributed by atoms with Crippen LogP contribution in [0.25, 0.3) is 5.57 Å². The van der Waals surface area contributed by atoms with Gasteiger partial charge in [0, 0.05) is 12.8 Å². The van der Waals surface area contributed by atoms with Crippen molar-refractivity contribution in [2.24, 2.45) is 5.92 Å². The smallest absolute Gasteiger partial charge is 0.170 e. The fourth-order valence-electron chi connectivity index (χ4n) is 4.41. The van der Waals surface area contributed by atoms with Gasteiger partial charge in [0.2, 0.25) is 0 Å². The van der Waals surface area contributed by atoms with Gasteiger partial charge in [-0.1, -0.05) is 67.2 Å². The van der Waals surface area contributed by atoms with Crippen molar-refractivity contribution >= 4 is 5.57 Å². The minimum Gasteiger partial charge on any atom is -0.344 e. The van der Waals surface area contributed by atoms with Crippen molar-refractivity contribution in [3.63, 3.8) is 0 Å². The second-order valence-corrected chi connectivity index (χ2v) is 7.48. The van der Waals surface area contributed by atoms with Crippen molar-refractivity contribution in [1.29, 1.82) is 0 Å². The van der Waals surface area contributed by atoms with Crippen molar-refractivity contribution in [2.75, 3.05) is 0 Å². The molecule has 1 aliphatic heterocycles. The van der Waals surface area contributed by atoms with Gasteiger partial charge in [0.15, 0.2) is 5.79 Å². The van der Waals surface area contributed by atoms with Gasteiger partial charge in [0.1, 0.15) is 0 Å². The standard InChI is InChI=1S/C23H26O2/c1-16(19-10-6-4-7-11-19)21-14-23(24-17(2)18(3)25-23)15-22(21)20-12-8-5-9-13-20/h4-13,17-18,21-22H,1,14-15H2,2-3H3/t17-,18-,21+,22+/m1/s1. The first-order valence-electron chi connectivity index (χ1n) is 9.23. The summed E-state index contributed by atoms with van der Waals surface area (Å²) in [5.74, 6) is 0.218. The summed E-state index contributed by atoms with van der Waals surface area (Å²) in [7, 11) is 0. The first-order valence-corrected chi connectivity index (χ1v) is 9.23. The Balaban J connectivity index is 1.68. The molecule has 1 spiro atoms. The van der Waals surface area contributed by atoms with E-state index in [2.05, 4.69) is 75.0 Å². The van der Waals surface area contributed by atoms with Crippen molar-refractivity contribution < 1.29 is 9.47 Å². The zero-order valence-corrected chi connectivity index (χ0v) is 15.0. The second-order valence-electron chi connectivity index (χ2n) is 7.48. The van der Waals surface area contributed by atoms with E-state index in [-0.39, 0.29) is 12.2 Å². The maximum Gasteiger partial charge on any atom is 0.170 e. The van der Waals surface area contributed by atoms with Gasteiger partial charge in [-0.3, -0.25) is 0 Å². The van der Waals surface area contributed by atoms with Gasteiger partial charge in [0.25, 0.3) is 0 Å².